The van der Waals surface area contributed by atoms with Crippen LogP contribution in [0.3, 0.4) is 0 Å². The highest BCUT2D eigenvalue weighted by molar-refractivity contribution is 4.51. The highest BCUT2D eigenvalue weighted by Gasteiger charge is 2.19. The molecule has 0 aromatic heterocycles. The summed E-state index contributed by atoms with van der Waals surface area (Å²) in [5.41, 5.74) is 0. The smallest absolute Gasteiger partial charge is 0.0786 e. The van der Waals surface area contributed by atoms with Gasteiger partial charge in [0.15, 0.2) is 0 Å². The summed E-state index contributed by atoms with van der Waals surface area (Å²) < 4.78 is 1.33. The second-order valence-electron chi connectivity index (χ2n) is 8.79. The summed E-state index contributed by atoms with van der Waals surface area (Å²) in [6.07, 6.45) is 20.5. The molecule has 0 radical (unpaired) electrons. The van der Waals surface area contributed by atoms with Crippen LogP contribution in [0.25, 0.3) is 0 Å². The van der Waals surface area contributed by atoms with Crippen molar-refractivity contribution in [2.75, 3.05) is 26.2 Å². The zero-order chi connectivity index (χ0) is 18.8. The molecule has 0 amide bonds. The number of unbranched alkanes of at least 4 members (excludes halogenated alkanes) is 12. The third-order valence-electron chi connectivity index (χ3n) is 6.43. The highest BCUT2D eigenvalue weighted by Crippen LogP contribution is 2.15. The Bertz CT molecular complexity index is 253. The van der Waals surface area contributed by atoms with Crippen molar-refractivity contribution in [1.82, 2.24) is 0 Å². The van der Waals surface area contributed by atoms with Crippen molar-refractivity contribution in [3.63, 3.8) is 0 Å². The fourth-order valence-electron chi connectivity index (χ4n) is 4.09. The van der Waals surface area contributed by atoms with Gasteiger partial charge in [0.05, 0.1) is 26.2 Å². The molecule has 0 spiro atoms. The number of nitrogens with zero attached hydrogens (tertiary/aromatic N) is 1. The first-order chi connectivity index (χ1) is 12.1. The van der Waals surface area contributed by atoms with E-state index in [9.17, 15) is 0 Å². The summed E-state index contributed by atoms with van der Waals surface area (Å²) in [6, 6.07) is 0. The van der Waals surface area contributed by atoms with E-state index < -0.39 is 0 Å². The van der Waals surface area contributed by atoms with Gasteiger partial charge in [0.1, 0.15) is 0 Å². The van der Waals surface area contributed by atoms with E-state index in [0.29, 0.717) is 0 Å². The standard InChI is InChI=1S/C24H52N.ClH/c1-6-25(7-2,8-3)23-21-19-17-15-13-11-9-10-12-14-16-18-20-22-24(4)5;/h24H,6-23H2,1-5H3;1H/q+1;/p-1. The zero-order valence-corrected chi connectivity index (χ0v) is 19.9. The average molecular weight is 390 g/mol. The van der Waals surface area contributed by atoms with E-state index in [4.69, 9.17) is 0 Å². The van der Waals surface area contributed by atoms with Gasteiger partial charge in [-0.05, 0) is 39.5 Å². The first-order valence-corrected chi connectivity index (χ1v) is 11.9. The van der Waals surface area contributed by atoms with E-state index in [-0.39, 0.29) is 12.4 Å². The van der Waals surface area contributed by atoms with Crippen LogP contribution in [0.2, 0.25) is 0 Å². The normalized spacial score (nSPS) is 11.8. The Labute approximate surface area is 173 Å². The molecule has 0 bridgehead atoms. The first-order valence-electron chi connectivity index (χ1n) is 11.9. The lowest BCUT2D eigenvalue weighted by atomic mass is 10.0. The number of hydrogen-bond donors (Lipinski definition) is 0. The maximum atomic E-state index is 2.36. The van der Waals surface area contributed by atoms with Gasteiger partial charge in [-0.3, -0.25) is 0 Å². The van der Waals surface area contributed by atoms with Crippen LogP contribution in [-0.2, 0) is 0 Å². The maximum Gasteiger partial charge on any atom is 0.0786 e. The van der Waals surface area contributed by atoms with Gasteiger partial charge in [-0.1, -0.05) is 90.9 Å². The van der Waals surface area contributed by atoms with Gasteiger partial charge in [0, 0.05) is 0 Å². The molecule has 160 valence electrons. The second-order valence-corrected chi connectivity index (χ2v) is 8.79. The predicted octanol–water partition coefficient (Wildman–Crippen LogP) is 4.98. The molecular weight excluding hydrogens is 338 g/mol. The van der Waals surface area contributed by atoms with Crippen molar-refractivity contribution >= 4 is 0 Å². The second kappa shape index (κ2) is 20.0. The minimum atomic E-state index is 0. The van der Waals surface area contributed by atoms with E-state index >= 15 is 0 Å². The van der Waals surface area contributed by atoms with Crippen LogP contribution in [0.5, 0.6) is 0 Å². The van der Waals surface area contributed by atoms with Crippen LogP contribution in [0, 0.1) is 5.92 Å². The summed E-state index contributed by atoms with van der Waals surface area (Å²) >= 11 is 0. The van der Waals surface area contributed by atoms with Crippen LogP contribution in [0.15, 0.2) is 0 Å². The first kappa shape index (κ1) is 28.5. The van der Waals surface area contributed by atoms with Gasteiger partial charge in [-0.25, -0.2) is 0 Å². The molecule has 0 rings (SSSR count). The number of rotatable bonds is 19. The fourth-order valence-corrected chi connectivity index (χ4v) is 4.09. The summed E-state index contributed by atoms with van der Waals surface area (Å²) in [4.78, 5) is 0. The third-order valence-corrected chi connectivity index (χ3v) is 6.43. The molecule has 0 N–H and O–H groups in total. The Kier molecular flexibility index (Phi) is 21.9. The van der Waals surface area contributed by atoms with Crippen LogP contribution in [0.1, 0.15) is 125 Å². The van der Waals surface area contributed by atoms with E-state index in [2.05, 4.69) is 34.6 Å². The Hall–Kier alpha value is 0.250. The van der Waals surface area contributed by atoms with Gasteiger partial charge < -0.3 is 16.9 Å². The average Bonchev–Trinajstić information content (AvgIpc) is 2.62. The van der Waals surface area contributed by atoms with Crippen molar-refractivity contribution in [3.05, 3.63) is 0 Å². The molecule has 0 aliphatic heterocycles. The molecule has 26 heavy (non-hydrogen) atoms. The molecule has 0 aromatic rings. The summed E-state index contributed by atoms with van der Waals surface area (Å²) in [6.45, 7) is 17.1. The largest absolute Gasteiger partial charge is 1.00 e. The minimum absolute atomic E-state index is 0. The molecule has 0 atom stereocenters. The zero-order valence-electron chi connectivity index (χ0n) is 19.1. The van der Waals surface area contributed by atoms with E-state index in [1.807, 2.05) is 0 Å². The fraction of sp³-hybridized carbons (Fsp3) is 1.00. The molecule has 0 saturated heterocycles. The van der Waals surface area contributed by atoms with E-state index in [1.165, 1.54) is 121 Å². The molecule has 0 heterocycles. The van der Waals surface area contributed by atoms with Crippen molar-refractivity contribution < 1.29 is 16.9 Å². The summed E-state index contributed by atoms with van der Waals surface area (Å²) in [5.74, 6) is 0.895. The number of halogens is 1. The van der Waals surface area contributed by atoms with Gasteiger partial charge in [-0.15, -0.1) is 0 Å². The van der Waals surface area contributed by atoms with Gasteiger partial charge in [0.2, 0.25) is 0 Å². The van der Waals surface area contributed by atoms with E-state index in [1.54, 1.807) is 0 Å². The summed E-state index contributed by atoms with van der Waals surface area (Å²) in [7, 11) is 0. The van der Waals surface area contributed by atoms with Crippen LogP contribution in [-0.4, -0.2) is 30.7 Å². The Balaban J connectivity index is 0. The molecule has 0 unspecified atom stereocenters. The van der Waals surface area contributed by atoms with Crippen molar-refractivity contribution in [3.8, 4) is 0 Å². The van der Waals surface area contributed by atoms with Gasteiger partial charge in [-0.2, -0.15) is 0 Å². The van der Waals surface area contributed by atoms with Crippen LogP contribution < -0.4 is 12.4 Å². The molecule has 0 aliphatic carbocycles. The number of hydrogen-bond acceptors (Lipinski definition) is 0. The third kappa shape index (κ3) is 16.4. The lowest BCUT2D eigenvalue weighted by Gasteiger charge is -2.35. The molecule has 0 aromatic carbocycles. The molecule has 0 fully saturated rings. The van der Waals surface area contributed by atoms with Gasteiger partial charge >= 0.3 is 0 Å². The van der Waals surface area contributed by atoms with Crippen LogP contribution >= 0.6 is 0 Å². The van der Waals surface area contributed by atoms with Gasteiger partial charge in [0.25, 0.3) is 0 Å². The molecule has 1 nitrogen and oxygen atoms in total. The Morgan fingerprint density at radius 1 is 0.500 bits per heavy atom. The molecule has 0 aliphatic rings. The number of quaternary nitrogens is 1. The SMILES string of the molecule is CC[N+](CC)(CC)CCCCCCCCCCCCCCCC(C)C.[Cl-]. The Morgan fingerprint density at radius 2 is 0.808 bits per heavy atom. The molecular formula is C24H52ClN. The van der Waals surface area contributed by atoms with Crippen molar-refractivity contribution in [1.29, 1.82) is 0 Å². The quantitative estimate of drug-likeness (QED) is 0.216. The lowest BCUT2D eigenvalue weighted by Crippen LogP contribution is -3.00. The molecule has 0 saturated carbocycles. The minimum Gasteiger partial charge on any atom is -1.00 e. The highest BCUT2D eigenvalue weighted by atomic mass is 35.5. The van der Waals surface area contributed by atoms with Crippen LogP contribution in [0.4, 0.5) is 0 Å². The van der Waals surface area contributed by atoms with E-state index in [0.717, 1.165) is 5.92 Å². The van der Waals surface area contributed by atoms with Crippen molar-refractivity contribution in [2.45, 2.75) is 125 Å². The predicted molar refractivity (Wildman–Crippen MR) is 116 cm³/mol. The molecule has 2 heteroatoms. The summed E-state index contributed by atoms with van der Waals surface area (Å²) in [5, 5.41) is 0. The maximum absolute atomic E-state index is 2.36. The lowest BCUT2D eigenvalue weighted by molar-refractivity contribution is -0.923. The van der Waals surface area contributed by atoms with Crippen molar-refractivity contribution in [2.24, 2.45) is 5.92 Å². The Morgan fingerprint density at radius 3 is 1.12 bits per heavy atom. The monoisotopic (exact) mass is 389 g/mol. The topological polar surface area (TPSA) is 0 Å².